The highest BCUT2D eigenvalue weighted by Crippen LogP contribution is 2.38. The van der Waals surface area contributed by atoms with E-state index in [0.29, 0.717) is 41.2 Å². The Labute approximate surface area is 159 Å². The van der Waals surface area contributed by atoms with Crippen LogP contribution in [0.25, 0.3) is 11.4 Å². The van der Waals surface area contributed by atoms with Crippen LogP contribution in [0.15, 0.2) is 47.0 Å². The summed E-state index contributed by atoms with van der Waals surface area (Å²) in [7, 11) is 0. The average Bonchev–Trinajstić information content (AvgIpc) is 3.40. The van der Waals surface area contributed by atoms with E-state index in [-0.39, 0.29) is 18.6 Å². The lowest BCUT2D eigenvalue weighted by Gasteiger charge is -2.16. The quantitative estimate of drug-likeness (QED) is 0.687. The van der Waals surface area contributed by atoms with E-state index < -0.39 is 0 Å². The Kier molecular flexibility index (Phi) is 3.75. The highest BCUT2D eigenvalue weighted by atomic mass is 35.5. The summed E-state index contributed by atoms with van der Waals surface area (Å²) in [6.07, 6.45) is 0.311. The molecule has 1 amide bonds. The molecule has 0 aliphatic carbocycles. The molecule has 8 heteroatoms. The van der Waals surface area contributed by atoms with Gasteiger partial charge in [0.2, 0.25) is 24.4 Å². The Morgan fingerprint density at radius 3 is 2.89 bits per heavy atom. The second kappa shape index (κ2) is 6.28. The number of rotatable bonds is 3. The fourth-order valence-corrected chi connectivity index (χ4v) is 3.51. The summed E-state index contributed by atoms with van der Waals surface area (Å²) < 4.78 is 16.1. The summed E-state index contributed by atoms with van der Waals surface area (Å²) in [6.45, 7) is 0.666. The van der Waals surface area contributed by atoms with Gasteiger partial charge in [-0.15, -0.1) is 0 Å². The minimum atomic E-state index is -0.164. The summed E-state index contributed by atoms with van der Waals surface area (Å²) in [4.78, 5) is 18.7. The summed E-state index contributed by atoms with van der Waals surface area (Å²) >= 11 is 6.02. The van der Waals surface area contributed by atoms with Crippen LogP contribution in [0.3, 0.4) is 0 Å². The van der Waals surface area contributed by atoms with Crippen molar-refractivity contribution in [3.63, 3.8) is 0 Å². The molecule has 5 rings (SSSR count). The molecule has 2 aliphatic heterocycles. The monoisotopic (exact) mass is 383 g/mol. The van der Waals surface area contributed by atoms with Crippen LogP contribution in [0, 0.1) is 0 Å². The molecule has 0 N–H and O–H groups in total. The van der Waals surface area contributed by atoms with Crippen LogP contribution < -0.4 is 14.4 Å². The zero-order chi connectivity index (χ0) is 18.4. The van der Waals surface area contributed by atoms with Crippen molar-refractivity contribution >= 4 is 23.2 Å². The van der Waals surface area contributed by atoms with Crippen molar-refractivity contribution in [2.45, 2.75) is 12.3 Å². The van der Waals surface area contributed by atoms with Crippen molar-refractivity contribution in [1.29, 1.82) is 0 Å². The van der Waals surface area contributed by atoms with Crippen molar-refractivity contribution < 1.29 is 18.8 Å². The molecule has 1 atom stereocenters. The molecule has 7 nitrogen and oxygen atoms in total. The maximum Gasteiger partial charge on any atom is 0.232 e. The largest absolute Gasteiger partial charge is 0.454 e. The molecule has 3 aromatic rings. The van der Waals surface area contributed by atoms with Gasteiger partial charge in [0.05, 0.1) is 5.92 Å². The number of benzene rings is 2. The lowest BCUT2D eigenvalue weighted by Crippen LogP contribution is -2.24. The van der Waals surface area contributed by atoms with Crippen LogP contribution in [0.2, 0.25) is 5.02 Å². The third-order valence-electron chi connectivity index (χ3n) is 4.67. The average molecular weight is 384 g/mol. The third-order valence-corrected chi connectivity index (χ3v) is 4.90. The highest BCUT2D eigenvalue weighted by molar-refractivity contribution is 6.30. The zero-order valence-electron chi connectivity index (χ0n) is 14.1. The molecule has 27 heavy (non-hydrogen) atoms. The molecule has 0 radical (unpaired) electrons. The number of ether oxygens (including phenoxy) is 2. The Balaban J connectivity index is 1.38. The van der Waals surface area contributed by atoms with E-state index in [1.807, 2.05) is 30.3 Å². The maximum atomic E-state index is 12.5. The number of amides is 1. The van der Waals surface area contributed by atoms with Crippen molar-refractivity contribution in [3.8, 4) is 22.9 Å². The van der Waals surface area contributed by atoms with E-state index in [0.717, 1.165) is 11.3 Å². The van der Waals surface area contributed by atoms with E-state index in [9.17, 15) is 4.79 Å². The van der Waals surface area contributed by atoms with Gasteiger partial charge in [0, 0.05) is 35.3 Å². The van der Waals surface area contributed by atoms with Gasteiger partial charge in [0.25, 0.3) is 0 Å². The third kappa shape index (κ3) is 2.90. The molecule has 136 valence electrons. The topological polar surface area (TPSA) is 77.7 Å². The van der Waals surface area contributed by atoms with E-state index in [2.05, 4.69) is 10.1 Å². The minimum absolute atomic E-state index is 0.00127. The number of anilines is 1. The van der Waals surface area contributed by atoms with E-state index >= 15 is 0 Å². The number of carbonyl (C=O) groups excluding carboxylic acids is 1. The molecule has 0 saturated carbocycles. The number of aromatic nitrogens is 2. The molecular formula is C19H14ClN3O4. The smallest absolute Gasteiger partial charge is 0.232 e. The van der Waals surface area contributed by atoms with Gasteiger partial charge in [0.15, 0.2) is 11.5 Å². The van der Waals surface area contributed by atoms with E-state index in [4.69, 9.17) is 25.6 Å². The number of hydrogen-bond acceptors (Lipinski definition) is 6. The number of carbonyl (C=O) groups is 1. The van der Waals surface area contributed by atoms with Crippen LogP contribution in [0.5, 0.6) is 11.5 Å². The van der Waals surface area contributed by atoms with Crippen LogP contribution in [-0.4, -0.2) is 29.4 Å². The fourth-order valence-electron chi connectivity index (χ4n) is 3.32. The molecule has 1 aromatic heterocycles. The van der Waals surface area contributed by atoms with Gasteiger partial charge in [-0.3, -0.25) is 4.79 Å². The van der Waals surface area contributed by atoms with E-state index in [1.165, 1.54) is 0 Å². The Morgan fingerprint density at radius 1 is 1.11 bits per heavy atom. The van der Waals surface area contributed by atoms with E-state index in [1.54, 1.807) is 17.0 Å². The first kappa shape index (κ1) is 16.1. The van der Waals surface area contributed by atoms with Gasteiger partial charge in [-0.2, -0.15) is 4.98 Å². The predicted octanol–water partition coefficient (Wildman–Crippen LogP) is 3.64. The molecule has 0 spiro atoms. The highest BCUT2D eigenvalue weighted by Gasteiger charge is 2.35. The SMILES string of the molecule is O=C1CC(c2nc(-c3cccc(Cl)c3)no2)CN1c1ccc2c(c1)OCO2. The number of fused-ring (bicyclic) bond motifs is 1. The van der Waals surface area contributed by atoms with Crippen LogP contribution >= 0.6 is 11.6 Å². The Bertz CT molecular complexity index is 1040. The first-order chi connectivity index (χ1) is 13.2. The molecule has 2 aliphatic rings. The number of nitrogens with zero attached hydrogens (tertiary/aromatic N) is 3. The molecular weight excluding hydrogens is 370 g/mol. The molecule has 3 heterocycles. The van der Waals surface area contributed by atoms with Crippen LogP contribution in [0.1, 0.15) is 18.2 Å². The lowest BCUT2D eigenvalue weighted by molar-refractivity contribution is -0.117. The number of halogens is 1. The predicted molar refractivity (Wildman–Crippen MR) is 97.0 cm³/mol. The van der Waals surface area contributed by atoms with Crippen LogP contribution in [0.4, 0.5) is 5.69 Å². The second-order valence-electron chi connectivity index (χ2n) is 6.41. The van der Waals surface area contributed by atoms with Gasteiger partial charge < -0.3 is 18.9 Å². The maximum absolute atomic E-state index is 12.5. The van der Waals surface area contributed by atoms with Crippen molar-refractivity contribution in [2.75, 3.05) is 18.2 Å². The first-order valence-corrected chi connectivity index (χ1v) is 8.85. The normalized spacial score (nSPS) is 18.3. The fraction of sp³-hybridized carbons (Fsp3) is 0.211. The molecule has 0 bridgehead atoms. The second-order valence-corrected chi connectivity index (χ2v) is 6.85. The lowest BCUT2D eigenvalue weighted by atomic mass is 10.1. The Morgan fingerprint density at radius 2 is 2.00 bits per heavy atom. The summed E-state index contributed by atoms with van der Waals surface area (Å²) in [5, 5.41) is 4.63. The molecule has 1 fully saturated rings. The Hall–Kier alpha value is -3.06. The standard InChI is InChI=1S/C19H14ClN3O4/c20-13-3-1-2-11(6-13)18-21-19(27-22-18)12-7-17(24)23(9-12)14-4-5-15-16(8-14)26-10-25-15/h1-6,8,12H,7,9-10H2. The first-order valence-electron chi connectivity index (χ1n) is 8.47. The van der Waals surface area contributed by atoms with Gasteiger partial charge >= 0.3 is 0 Å². The van der Waals surface area contributed by atoms with Gasteiger partial charge in [-0.25, -0.2) is 0 Å². The van der Waals surface area contributed by atoms with Gasteiger partial charge in [-0.05, 0) is 24.3 Å². The zero-order valence-corrected chi connectivity index (χ0v) is 14.8. The molecule has 1 unspecified atom stereocenters. The summed E-state index contributed by atoms with van der Waals surface area (Å²) in [5.74, 6) is 2.07. The van der Waals surface area contributed by atoms with Gasteiger partial charge in [-0.1, -0.05) is 28.9 Å². The summed E-state index contributed by atoms with van der Waals surface area (Å²) in [5.41, 5.74) is 1.54. The van der Waals surface area contributed by atoms with Crippen molar-refractivity contribution in [3.05, 3.63) is 53.4 Å². The van der Waals surface area contributed by atoms with Crippen molar-refractivity contribution in [1.82, 2.24) is 10.1 Å². The minimum Gasteiger partial charge on any atom is -0.454 e. The van der Waals surface area contributed by atoms with Crippen molar-refractivity contribution in [2.24, 2.45) is 0 Å². The molecule has 2 aromatic carbocycles. The van der Waals surface area contributed by atoms with Crippen LogP contribution in [-0.2, 0) is 4.79 Å². The number of hydrogen-bond donors (Lipinski definition) is 0. The van der Waals surface area contributed by atoms with Gasteiger partial charge in [0.1, 0.15) is 0 Å². The molecule has 1 saturated heterocycles. The summed E-state index contributed by atoms with van der Waals surface area (Å²) in [6, 6.07) is 12.7.